The number of carbonyl (C=O) groups is 1. The Morgan fingerprint density at radius 1 is 1.19 bits per heavy atom. The fourth-order valence-corrected chi connectivity index (χ4v) is 4.78. The third kappa shape index (κ3) is 6.62. The van der Waals surface area contributed by atoms with Crippen LogP contribution in [0.1, 0.15) is 49.6 Å². The van der Waals surface area contributed by atoms with Gasteiger partial charge in [-0.15, -0.1) is 0 Å². The Labute approximate surface area is 185 Å². The minimum atomic E-state index is -3.71. The number of nitrogens with one attached hydrogen (secondary N) is 2. The van der Waals surface area contributed by atoms with Gasteiger partial charge in [-0.25, -0.2) is 18.1 Å². The summed E-state index contributed by atoms with van der Waals surface area (Å²) in [5.41, 5.74) is 2.30. The number of likely N-dealkylation sites (tertiary alicyclic amines) is 1. The van der Waals surface area contributed by atoms with Crippen LogP contribution in [0, 0.1) is 6.92 Å². The maximum atomic E-state index is 12.2. The van der Waals surface area contributed by atoms with Crippen molar-refractivity contribution in [1.29, 1.82) is 0 Å². The van der Waals surface area contributed by atoms with E-state index in [0.717, 1.165) is 18.7 Å². The van der Waals surface area contributed by atoms with Gasteiger partial charge in [0.15, 0.2) is 5.03 Å². The topological polar surface area (TPSA) is 96.3 Å². The van der Waals surface area contributed by atoms with Crippen molar-refractivity contribution in [3.05, 3.63) is 47.4 Å². The third-order valence-electron chi connectivity index (χ3n) is 5.84. The van der Waals surface area contributed by atoms with Gasteiger partial charge in [-0.05, 0) is 44.4 Å². The Kier molecular flexibility index (Phi) is 7.85. The molecule has 1 unspecified atom stereocenters. The summed E-state index contributed by atoms with van der Waals surface area (Å²) >= 11 is 0. The predicted molar refractivity (Wildman–Crippen MR) is 120 cm³/mol. The predicted octanol–water partition coefficient (Wildman–Crippen LogP) is 2.09. The van der Waals surface area contributed by atoms with Crippen molar-refractivity contribution >= 4 is 15.9 Å². The maximum absolute atomic E-state index is 12.2. The second kappa shape index (κ2) is 10.4. The minimum absolute atomic E-state index is 0.0245. The number of aryl methyl sites for hydroxylation is 2. The van der Waals surface area contributed by atoms with Crippen LogP contribution in [0.3, 0.4) is 0 Å². The van der Waals surface area contributed by atoms with E-state index in [1.807, 2.05) is 12.1 Å². The molecule has 1 aromatic heterocycles. The molecule has 0 bridgehead atoms. The summed E-state index contributed by atoms with van der Waals surface area (Å²) in [4.78, 5) is 18.6. The first-order valence-electron chi connectivity index (χ1n) is 10.8. The largest absolute Gasteiger partial charge is 0.352 e. The monoisotopic (exact) mass is 447 g/mol. The number of rotatable bonds is 9. The van der Waals surface area contributed by atoms with E-state index in [0.29, 0.717) is 18.4 Å². The highest BCUT2D eigenvalue weighted by Crippen LogP contribution is 2.19. The lowest BCUT2D eigenvalue weighted by molar-refractivity contribution is -0.121. The molecule has 0 radical (unpaired) electrons. The third-order valence-corrected chi connectivity index (χ3v) is 7.18. The quantitative estimate of drug-likeness (QED) is 0.614. The molecule has 1 atom stereocenters. The summed E-state index contributed by atoms with van der Waals surface area (Å²) in [6.07, 6.45) is 5.37. The summed E-state index contributed by atoms with van der Waals surface area (Å²) in [6.45, 7) is 6.59. The van der Waals surface area contributed by atoms with Gasteiger partial charge in [0.05, 0.1) is 0 Å². The van der Waals surface area contributed by atoms with Gasteiger partial charge >= 0.3 is 0 Å². The van der Waals surface area contributed by atoms with Crippen LogP contribution in [-0.4, -0.2) is 47.9 Å². The lowest BCUT2D eigenvalue weighted by Crippen LogP contribution is -2.36. The molecule has 0 aliphatic carbocycles. The van der Waals surface area contributed by atoms with Gasteiger partial charge in [0, 0.05) is 45.3 Å². The van der Waals surface area contributed by atoms with E-state index in [-0.39, 0.29) is 23.9 Å². The summed E-state index contributed by atoms with van der Waals surface area (Å²) in [5.74, 6) is 0.403. The van der Waals surface area contributed by atoms with E-state index in [1.54, 1.807) is 18.5 Å². The number of amides is 1. The van der Waals surface area contributed by atoms with Crippen molar-refractivity contribution in [1.82, 2.24) is 24.5 Å². The molecule has 1 aliphatic heterocycles. The number of nitrogens with zero attached hydrogens (tertiary/aromatic N) is 3. The van der Waals surface area contributed by atoms with Crippen LogP contribution in [-0.2, 0) is 35.0 Å². The summed E-state index contributed by atoms with van der Waals surface area (Å²) < 4.78 is 28.5. The Balaban J connectivity index is 1.40. The van der Waals surface area contributed by atoms with Crippen molar-refractivity contribution in [3.63, 3.8) is 0 Å². The van der Waals surface area contributed by atoms with Gasteiger partial charge in [0.25, 0.3) is 10.0 Å². The van der Waals surface area contributed by atoms with E-state index < -0.39 is 10.0 Å². The van der Waals surface area contributed by atoms with Crippen molar-refractivity contribution in [2.24, 2.45) is 7.05 Å². The van der Waals surface area contributed by atoms with Crippen LogP contribution < -0.4 is 10.0 Å². The van der Waals surface area contributed by atoms with Crippen LogP contribution in [0.2, 0.25) is 0 Å². The first kappa shape index (κ1) is 23.4. The fourth-order valence-electron chi connectivity index (χ4n) is 3.71. The second-order valence-corrected chi connectivity index (χ2v) is 10.0. The molecular formula is C22H33N5O3S. The van der Waals surface area contributed by atoms with Gasteiger partial charge in [-0.2, -0.15) is 0 Å². The van der Waals surface area contributed by atoms with E-state index in [9.17, 15) is 13.2 Å². The molecular weight excluding hydrogens is 414 g/mol. The molecule has 0 spiro atoms. The van der Waals surface area contributed by atoms with Crippen LogP contribution in [0.25, 0.3) is 0 Å². The van der Waals surface area contributed by atoms with Crippen LogP contribution in [0.15, 0.2) is 35.5 Å². The smallest absolute Gasteiger partial charge is 0.259 e. The number of hydrogen-bond donors (Lipinski definition) is 2. The van der Waals surface area contributed by atoms with Crippen LogP contribution >= 0.6 is 0 Å². The van der Waals surface area contributed by atoms with Gasteiger partial charge < -0.3 is 9.88 Å². The van der Waals surface area contributed by atoms with Gasteiger partial charge in [-0.3, -0.25) is 9.69 Å². The molecule has 2 N–H and O–H groups in total. The lowest BCUT2D eigenvalue weighted by atomic mass is 10.0. The molecule has 1 amide bonds. The molecule has 2 aromatic rings. The number of aromatic nitrogens is 2. The maximum Gasteiger partial charge on any atom is 0.259 e. The molecule has 31 heavy (non-hydrogen) atoms. The molecule has 1 fully saturated rings. The Hall–Kier alpha value is -2.23. The fraction of sp³-hybridized carbons (Fsp3) is 0.545. The zero-order chi connectivity index (χ0) is 22.4. The molecule has 9 heteroatoms. The highest BCUT2D eigenvalue weighted by Gasteiger charge is 2.19. The van der Waals surface area contributed by atoms with E-state index in [1.165, 1.54) is 31.0 Å². The Bertz CT molecular complexity index is 966. The van der Waals surface area contributed by atoms with E-state index >= 15 is 0 Å². The first-order chi connectivity index (χ1) is 14.7. The van der Waals surface area contributed by atoms with Crippen molar-refractivity contribution < 1.29 is 13.2 Å². The normalized spacial score (nSPS) is 17.6. The van der Waals surface area contributed by atoms with Gasteiger partial charge in [0.2, 0.25) is 5.91 Å². The van der Waals surface area contributed by atoms with Gasteiger partial charge in [0.1, 0.15) is 5.82 Å². The van der Waals surface area contributed by atoms with Crippen molar-refractivity contribution in [2.75, 3.05) is 13.1 Å². The molecule has 8 nitrogen and oxygen atoms in total. The molecule has 1 saturated heterocycles. The molecule has 2 heterocycles. The average molecular weight is 448 g/mol. The minimum Gasteiger partial charge on any atom is -0.352 e. The van der Waals surface area contributed by atoms with Crippen LogP contribution in [0.5, 0.6) is 0 Å². The SMILES string of the molecule is Cc1nc(S(=O)(=O)NCCC(=O)NCc2ccc(CN3CCCCC3C)cc2)cn1C. The number of carbonyl (C=O) groups excluding carboxylic acids is 1. The number of imidazole rings is 1. The average Bonchev–Trinajstić information content (AvgIpc) is 3.08. The standard InChI is InChI=1S/C22H33N5O3S/c1-17-6-4-5-13-27(17)15-20-9-7-19(8-10-20)14-23-21(28)11-12-24-31(29,30)22-16-26(3)18(2)25-22/h7-10,16-17,24H,4-6,11-15H2,1-3H3,(H,23,28). The number of hydrogen-bond acceptors (Lipinski definition) is 5. The Morgan fingerprint density at radius 3 is 2.55 bits per heavy atom. The summed E-state index contributed by atoms with van der Waals surface area (Å²) in [7, 11) is -1.98. The van der Waals surface area contributed by atoms with Crippen molar-refractivity contribution in [2.45, 2.75) is 63.7 Å². The summed E-state index contributed by atoms with van der Waals surface area (Å²) in [5, 5.41) is 2.81. The summed E-state index contributed by atoms with van der Waals surface area (Å²) in [6, 6.07) is 8.94. The molecule has 1 aromatic carbocycles. The highest BCUT2D eigenvalue weighted by atomic mass is 32.2. The molecule has 0 saturated carbocycles. The van der Waals surface area contributed by atoms with E-state index in [4.69, 9.17) is 0 Å². The van der Waals surface area contributed by atoms with E-state index in [2.05, 4.69) is 39.0 Å². The highest BCUT2D eigenvalue weighted by molar-refractivity contribution is 7.89. The number of piperidine rings is 1. The number of sulfonamides is 1. The number of benzene rings is 1. The first-order valence-corrected chi connectivity index (χ1v) is 12.3. The zero-order valence-electron chi connectivity index (χ0n) is 18.6. The molecule has 1 aliphatic rings. The van der Waals surface area contributed by atoms with Gasteiger partial charge in [-0.1, -0.05) is 30.7 Å². The van der Waals surface area contributed by atoms with Crippen molar-refractivity contribution in [3.8, 4) is 0 Å². The molecule has 170 valence electrons. The Morgan fingerprint density at radius 2 is 1.90 bits per heavy atom. The van der Waals surface area contributed by atoms with Crippen LogP contribution in [0.4, 0.5) is 0 Å². The zero-order valence-corrected chi connectivity index (χ0v) is 19.4. The lowest BCUT2D eigenvalue weighted by Gasteiger charge is -2.33. The second-order valence-electron chi connectivity index (χ2n) is 8.29. The molecule has 3 rings (SSSR count).